The minimum Gasteiger partial charge on any atom is -0.385 e. The maximum atomic E-state index is 11.9. The molecule has 1 N–H and O–H groups in total. The van der Waals surface area contributed by atoms with E-state index in [9.17, 15) is 4.79 Å². The fourth-order valence-corrected chi connectivity index (χ4v) is 1.50. The van der Waals surface area contributed by atoms with Gasteiger partial charge < -0.3 is 10.1 Å². The van der Waals surface area contributed by atoms with Crippen LogP contribution in [0.4, 0.5) is 0 Å². The molecule has 18 heavy (non-hydrogen) atoms. The number of nitrogens with one attached hydrogen (secondary N) is 1. The van der Waals surface area contributed by atoms with Gasteiger partial charge in [0, 0.05) is 43.1 Å². The number of ether oxygens (including phenoxy) is 1. The van der Waals surface area contributed by atoms with Gasteiger partial charge in [-0.1, -0.05) is 20.8 Å². The van der Waals surface area contributed by atoms with E-state index < -0.39 is 0 Å². The van der Waals surface area contributed by atoms with Gasteiger partial charge in [-0.2, -0.15) is 0 Å². The first-order valence-corrected chi connectivity index (χ1v) is 6.19. The Bertz CT molecular complexity index is 397. The van der Waals surface area contributed by atoms with Gasteiger partial charge in [0.05, 0.1) is 0 Å². The van der Waals surface area contributed by atoms with E-state index in [1.54, 1.807) is 19.4 Å². The Balaban J connectivity index is 2.63. The van der Waals surface area contributed by atoms with Gasteiger partial charge in [0.25, 0.3) is 5.91 Å². The van der Waals surface area contributed by atoms with Crippen molar-refractivity contribution in [3.8, 4) is 0 Å². The molecule has 0 bridgehead atoms. The first-order chi connectivity index (χ1) is 8.45. The van der Waals surface area contributed by atoms with Crippen molar-refractivity contribution in [2.45, 2.75) is 32.6 Å². The van der Waals surface area contributed by atoms with E-state index >= 15 is 0 Å². The second-order valence-corrected chi connectivity index (χ2v) is 5.28. The lowest BCUT2D eigenvalue weighted by atomic mass is 9.91. The van der Waals surface area contributed by atoms with Gasteiger partial charge in [0.15, 0.2) is 0 Å². The Morgan fingerprint density at radius 1 is 1.44 bits per heavy atom. The molecule has 0 aliphatic rings. The lowest BCUT2D eigenvalue weighted by Crippen LogP contribution is -2.26. The first-order valence-electron chi connectivity index (χ1n) is 6.19. The summed E-state index contributed by atoms with van der Waals surface area (Å²) in [5.41, 5.74) is 1.53. The van der Waals surface area contributed by atoms with Crippen molar-refractivity contribution in [2.24, 2.45) is 0 Å². The Morgan fingerprint density at radius 2 is 2.17 bits per heavy atom. The van der Waals surface area contributed by atoms with Crippen molar-refractivity contribution >= 4 is 5.91 Å². The second-order valence-electron chi connectivity index (χ2n) is 5.28. The maximum absolute atomic E-state index is 11.9. The van der Waals surface area contributed by atoms with Gasteiger partial charge in [-0.3, -0.25) is 9.78 Å². The highest BCUT2D eigenvalue weighted by atomic mass is 16.5. The number of rotatable bonds is 5. The third-order valence-corrected chi connectivity index (χ3v) is 2.60. The highest BCUT2D eigenvalue weighted by Gasteiger charge is 2.17. The number of hydrogen-bond acceptors (Lipinski definition) is 3. The van der Waals surface area contributed by atoms with Crippen molar-refractivity contribution in [3.63, 3.8) is 0 Å². The summed E-state index contributed by atoms with van der Waals surface area (Å²) in [6.45, 7) is 7.52. The Kier molecular flexibility index (Phi) is 5.28. The maximum Gasteiger partial charge on any atom is 0.251 e. The van der Waals surface area contributed by atoms with Crippen LogP contribution in [0.3, 0.4) is 0 Å². The quantitative estimate of drug-likeness (QED) is 0.815. The van der Waals surface area contributed by atoms with E-state index in [0.29, 0.717) is 18.7 Å². The fraction of sp³-hybridized carbons (Fsp3) is 0.571. The van der Waals surface area contributed by atoms with Crippen molar-refractivity contribution < 1.29 is 9.53 Å². The summed E-state index contributed by atoms with van der Waals surface area (Å²) in [6, 6.07) is 3.59. The molecule has 1 amide bonds. The molecule has 100 valence electrons. The Hall–Kier alpha value is -1.42. The SMILES string of the molecule is COCCCNC(=O)c1ccnc(C(C)(C)C)c1. The van der Waals surface area contributed by atoms with Crippen molar-refractivity contribution in [1.29, 1.82) is 0 Å². The van der Waals surface area contributed by atoms with Gasteiger partial charge in [0.1, 0.15) is 0 Å². The zero-order chi connectivity index (χ0) is 13.6. The van der Waals surface area contributed by atoms with Gasteiger partial charge in [-0.15, -0.1) is 0 Å². The molecule has 0 aliphatic carbocycles. The molecule has 0 fully saturated rings. The van der Waals surface area contributed by atoms with E-state index in [1.165, 1.54) is 0 Å². The summed E-state index contributed by atoms with van der Waals surface area (Å²) in [5, 5.41) is 2.87. The molecular formula is C14H22N2O2. The van der Waals surface area contributed by atoms with E-state index in [0.717, 1.165) is 12.1 Å². The minimum absolute atomic E-state index is 0.0493. The lowest BCUT2D eigenvalue weighted by Gasteiger charge is -2.18. The molecule has 0 atom stereocenters. The van der Waals surface area contributed by atoms with E-state index in [2.05, 4.69) is 31.1 Å². The molecule has 1 aromatic heterocycles. The normalized spacial score (nSPS) is 11.3. The topological polar surface area (TPSA) is 51.2 Å². The number of nitrogens with zero attached hydrogens (tertiary/aromatic N) is 1. The van der Waals surface area contributed by atoms with Gasteiger partial charge >= 0.3 is 0 Å². The average Bonchev–Trinajstić information content (AvgIpc) is 2.33. The van der Waals surface area contributed by atoms with Crippen LogP contribution in [0.5, 0.6) is 0 Å². The van der Waals surface area contributed by atoms with Crippen LogP contribution in [0.1, 0.15) is 43.2 Å². The third kappa shape index (κ3) is 4.45. The molecule has 0 spiro atoms. The molecule has 4 nitrogen and oxygen atoms in total. The Morgan fingerprint density at radius 3 is 2.78 bits per heavy atom. The monoisotopic (exact) mass is 250 g/mol. The fourth-order valence-electron chi connectivity index (χ4n) is 1.50. The number of methoxy groups -OCH3 is 1. The molecule has 1 rings (SSSR count). The number of amides is 1. The van der Waals surface area contributed by atoms with Crippen LogP contribution >= 0.6 is 0 Å². The molecule has 1 aromatic rings. The van der Waals surface area contributed by atoms with Crippen molar-refractivity contribution in [1.82, 2.24) is 10.3 Å². The highest BCUT2D eigenvalue weighted by Crippen LogP contribution is 2.20. The van der Waals surface area contributed by atoms with Gasteiger partial charge in [0.2, 0.25) is 0 Å². The van der Waals surface area contributed by atoms with Crippen LogP contribution in [-0.2, 0) is 10.2 Å². The van der Waals surface area contributed by atoms with Crippen LogP contribution in [0.15, 0.2) is 18.3 Å². The average molecular weight is 250 g/mol. The molecule has 0 radical (unpaired) electrons. The van der Waals surface area contributed by atoms with Crippen LogP contribution < -0.4 is 5.32 Å². The number of hydrogen-bond donors (Lipinski definition) is 1. The minimum atomic E-state index is -0.0565. The van der Waals surface area contributed by atoms with Crippen molar-refractivity contribution in [2.75, 3.05) is 20.3 Å². The molecular weight excluding hydrogens is 228 g/mol. The summed E-state index contributed by atoms with van der Waals surface area (Å²) in [5.74, 6) is -0.0565. The molecule has 0 saturated heterocycles. The zero-order valence-corrected chi connectivity index (χ0v) is 11.6. The van der Waals surface area contributed by atoms with Crippen LogP contribution in [0.25, 0.3) is 0 Å². The smallest absolute Gasteiger partial charge is 0.251 e. The van der Waals surface area contributed by atoms with Crippen molar-refractivity contribution in [3.05, 3.63) is 29.6 Å². The number of aromatic nitrogens is 1. The molecule has 0 saturated carbocycles. The predicted molar refractivity (Wildman–Crippen MR) is 71.8 cm³/mol. The Labute approximate surface area is 109 Å². The molecule has 1 heterocycles. The van der Waals surface area contributed by atoms with Crippen LogP contribution in [0.2, 0.25) is 0 Å². The van der Waals surface area contributed by atoms with Gasteiger partial charge in [-0.25, -0.2) is 0 Å². The lowest BCUT2D eigenvalue weighted by molar-refractivity contribution is 0.0948. The summed E-state index contributed by atoms with van der Waals surface area (Å²) in [6.07, 6.45) is 2.50. The zero-order valence-electron chi connectivity index (χ0n) is 11.6. The summed E-state index contributed by atoms with van der Waals surface area (Å²) < 4.78 is 4.93. The van der Waals surface area contributed by atoms with E-state index in [1.807, 2.05) is 6.07 Å². The molecule has 0 unspecified atom stereocenters. The highest BCUT2D eigenvalue weighted by molar-refractivity contribution is 5.94. The number of carbonyl (C=O) groups excluding carboxylic acids is 1. The predicted octanol–water partition coefficient (Wildman–Crippen LogP) is 2.15. The number of pyridine rings is 1. The second kappa shape index (κ2) is 6.50. The van der Waals surface area contributed by atoms with E-state index in [-0.39, 0.29) is 11.3 Å². The molecule has 0 aromatic carbocycles. The van der Waals surface area contributed by atoms with Crippen LogP contribution in [0, 0.1) is 0 Å². The van der Waals surface area contributed by atoms with E-state index in [4.69, 9.17) is 4.74 Å². The first kappa shape index (κ1) is 14.6. The summed E-state index contributed by atoms with van der Waals surface area (Å²) in [4.78, 5) is 16.2. The summed E-state index contributed by atoms with van der Waals surface area (Å²) in [7, 11) is 1.65. The molecule has 0 aliphatic heterocycles. The third-order valence-electron chi connectivity index (χ3n) is 2.60. The van der Waals surface area contributed by atoms with Crippen LogP contribution in [-0.4, -0.2) is 31.2 Å². The standard InChI is InChI=1S/C14H22N2O2/c1-14(2,3)12-10-11(6-8-15-12)13(17)16-7-5-9-18-4/h6,8,10H,5,7,9H2,1-4H3,(H,16,17). The number of carbonyl (C=O) groups is 1. The summed E-state index contributed by atoms with van der Waals surface area (Å²) >= 11 is 0. The molecule has 4 heteroatoms. The largest absolute Gasteiger partial charge is 0.385 e. The van der Waals surface area contributed by atoms with Gasteiger partial charge in [-0.05, 0) is 18.6 Å².